The van der Waals surface area contributed by atoms with E-state index in [1.165, 1.54) is 99.3 Å². The van der Waals surface area contributed by atoms with Crippen molar-refractivity contribution in [3.8, 4) is 29.7 Å². The van der Waals surface area contributed by atoms with E-state index in [0.29, 0.717) is 0 Å². The van der Waals surface area contributed by atoms with E-state index in [4.69, 9.17) is 0 Å². The maximum Gasteiger partial charge on any atom is 0.0541 e. The van der Waals surface area contributed by atoms with Crippen LogP contribution in [0.5, 0.6) is 0 Å². The first-order valence-electron chi connectivity index (χ1n) is 22.0. The van der Waals surface area contributed by atoms with E-state index in [0.717, 1.165) is 13.0 Å². The van der Waals surface area contributed by atoms with Crippen molar-refractivity contribution in [1.82, 2.24) is 4.57 Å². The summed E-state index contributed by atoms with van der Waals surface area (Å²) in [5.41, 5.74) is 15.4. The third-order valence-electron chi connectivity index (χ3n) is 13.4. The van der Waals surface area contributed by atoms with E-state index < -0.39 is 0 Å². The van der Waals surface area contributed by atoms with Gasteiger partial charge in [0.1, 0.15) is 0 Å². The molecule has 2 aliphatic carbocycles. The summed E-state index contributed by atoms with van der Waals surface area (Å²) in [5.74, 6) is 0. The molecule has 2 heteroatoms. The number of rotatable bonds is 8. The van der Waals surface area contributed by atoms with Gasteiger partial charge in [0.05, 0.1) is 22.8 Å². The van der Waals surface area contributed by atoms with Gasteiger partial charge in [0.2, 0.25) is 0 Å². The zero-order chi connectivity index (χ0) is 43.1. The van der Waals surface area contributed by atoms with Gasteiger partial charge >= 0.3 is 0 Å². The van der Waals surface area contributed by atoms with Gasteiger partial charge < -0.3 is 9.47 Å². The van der Waals surface area contributed by atoms with Crippen LogP contribution in [0, 0.1) is 12.8 Å². The minimum Gasteiger partial charge on any atom is -0.361 e. The van der Waals surface area contributed by atoms with Crippen molar-refractivity contribution < 1.29 is 0 Å². The summed E-state index contributed by atoms with van der Waals surface area (Å²) in [7, 11) is 0. The monoisotopic (exact) mass is 810 g/mol. The fraction of sp³-hybridized carbons (Fsp3) is 0.115. The molecule has 0 saturated heterocycles. The molecule has 1 unspecified atom stereocenters. The second-order valence-electron chi connectivity index (χ2n) is 17.1. The Balaban J connectivity index is 0.00000232. The predicted octanol–water partition coefficient (Wildman–Crippen LogP) is 15.5. The van der Waals surface area contributed by atoms with Gasteiger partial charge in [-0.25, -0.2) is 0 Å². The highest BCUT2D eigenvalue weighted by Gasteiger charge is 2.35. The third kappa shape index (κ3) is 6.78. The lowest BCUT2D eigenvalue weighted by Crippen LogP contribution is -2.34. The molecule has 63 heavy (non-hydrogen) atoms. The Hall–Kier alpha value is -7.60. The number of fused-ring (bicyclic) bond motifs is 8. The third-order valence-corrected chi connectivity index (χ3v) is 13.4. The van der Waals surface area contributed by atoms with Gasteiger partial charge in [-0.3, -0.25) is 0 Å². The SMILES string of the molecule is C#C.C/C=C(\C=C/CN(c1cccc2ccccc12)C1C=CC(c2ccc3c(c2)c2ccccc2n3-c2cccc3ccccc23)=CC1)c1ccc2c(c1)C(C)(C)c1ccccc1-2. The number of anilines is 1. The number of hydrogen-bond donors (Lipinski definition) is 0. The number of aromatic nitrogens is 1. The molecule has 1 aromatic heterocycles. The van der Waals surface area contributed by atoms with Crippen LogP contribution in [0.15, 0.2) is 206 Å². The summed E-state index contributed by atoms with van der Waals surface area (Å²) in [6.07, 6.45) is 23.1. The quantitative estimate of drug-likeness (QED) is 0.110. The van der Waals surface area contributed by atoms with Gasteiger partial charge in [-0.15, -0.1) is 12.8 Å². The van der Waals surface area contributed by atoms with Crippen LogP contribution in [-0.2, 0) is 5.41 Å². The van der Waals surface area contributed by atoms with Gasteiger partial charge in [-0.2, -0.15) is 0 Å². The fourth-order valence-electron chi connectivity index (χ4n) is 10.3. The predicted molar refractivity (Wildman–Crippen MR) is 272 cm³/mol. The molecule has 0 bridgehead atoms. The van der Waals surface area contributed by atoms with Crippen molar-refractivity contribution in [3.05, 3.63) is 229 Å². The topological polar surface area (TPSA) is 8.17 Å². The number of hydrogen-bond acceptors (Lipinski definition) is 1. The zero-order valence-corrected chi connectivity index (χ0v) is 36.2. The second-order valence-corrected chi connectivity index (χ2v) is 17.1. The molecule has 2 nitrogen and oxygen atoms in total. The molecule has 0 radical (unpaired) electrons. The van der Waals surface area contributed by atoms with E-state index in [1.807, 2.05) is 0 Å². The highest BCUT2D eigenvalue weighted by Crippen LogP contribution is 2.49. The van der Waals surface area contributed by atoms with Gasteiger partial charge in [0, 0.05) is 39.2 Å². The number of allylic oxidation sites excluding steroid dienone is 5. The lowest BCUT2D eigenvalue weighted by atomic mass is 9.81. The van der Waals surface area contributed by atoms with Crippen LogP contribution in [0.3, 0.4) is 0 Å². The van der Waals surface area contributed by atoms with Crippen LogP contribution in [0.4, 0.5) is 5.69 Å². The van der Waals surface area contributed by atoms with Gasteiger partial charge in [0.25, 0.3) is 0 Å². The summed E-state index contributed by atoms with van der Waals surface area (Å²) in [6, 6.07) is 62.8. The van der Waals surface area contributed by atoms with Crippen molar-refractivity contribution in [3.63, 3.8) is 0 Å². The molecule has 0 aliphatic heterocycles. The maximum atomic E-state index is 4.00. The second kappa shape index (κ2) is 16.4. The Bertz CT molecular complexity index is 3350. The fourth-order valence-corrected chi connectivity index (χ4v) is 10.3. The van der Waals surface area contributed by atoms with Crippen molar-refractivity contribution in [2.45, 2.75) is 38.6 Å². The van der Waals surface area contributed by atoms with Crippen LogP contribution >= 0.6 is 0 Å². The summed E-state index contributed by atoms with van der Waals surface area (Å²) in [6.45, 7) is 7.65. The zero-order valence-electron chi connectivity index (χ0n) is 36.2. The normalized spacial score (nSPS) is 15.3. The first-order valence-corrected chi connectivity index (χ1v) is 22.0. The van der Waals surface area contributed by atoms with Crippen molar-refractivity contribution in [2.24, 2.45) is 0 Å². The molecule has 0 N–H and O–H groups in total. The number of nitrogens with zero attached hydrogens (tertiary/aromatic N) is 2. The minimum atomic E-state index is -0.0303. The van der Waals surface area contributed by atoms with E-state index in [2.05, 4.69) is 249 Å². The number of terminal acetylenes is 1. The van der Waals surface area contributed by atoms with Crippen LogP contribution in [-0.4, -0.2) is 17.2 Å². The molecule has 0 amide bonds. The molecule has 304 valence electrons. The van der Waals surface area contributed by atoms with Crippen LogP contribution in [0.1, 0.15) is 49.4 Å². The molecule has 8 aromatic carbocycles. The summed E-state index contributed by atoms with van der Waals surface area (Å²) in [5, 5.41) is 7.59. The molecule has 9 aromatic rings. The lowest BCUT2D eigenvalue weighted by Gasteiger charge is -2.33. The van der Waals surface area contributed by atoms with Gasteiger partial charge in [0.15, 0.2) is 0 Å². The molecule has 0 saturated carbocycles. The number of benzene rings is 8. The Labute approximate surface area is 371 Å². The van der Waals surface area contributed by atoms with Gasteiger partial charge in [-0.05, 0) is 105 Å². The van der Waals surface area contributed by atoms with Crippen LogP contribution < -0.4 is 4.90 Å². The average molecular weight is 811 g/mol. The molecular formula is C61H50N2. The van der Waals surface area contributed by atoms with Crippen LogP contribution in [0.25, 0.3) is 71.3 Å². The minimum absolute atomic E-state index is 0.0303. The molecule has 2 aliphatic rings. The highest BCUT2D eigenvalue weighted by molar-refractivity contribution is 6.11. The maximum absolute atomic E-state index is 4.00. The Morgan fingerprint density at radius 2 is 1.32 bits per heavy atom. The standard InChI is InChI=1S/C59H48N2.C2H2/c1-4-40(45-31-35-50-49-23-9-11-25-53(49)59(2,3)54(50)39-45)20-15-37-60(55-27-13-18-42-16-5-7-21-47(42)55)46-33-29-41(30-34-46)44-32-36-58-52(38-44)51-24-10-12-26-57(51)61(58)56-28-14-19-43-17-6-8-22-48(43)56;1-2/h4-33,35-36,38-39,46H,34,37H2,1-3H3;1-2H/b20-15-,40-4+;. The van der Waals surface area contributed by atoms with E-state index in [-0.39, 0.29) is 11.5 Å². The lowest BCUT2D eigenvalue weighted by molar-refractivity contribution is 0.660. The van der Waals surface area contributed by atoms with E-state index >= 15 is 0 Å². The first kappa shape index (κ1) is 39.5. The average Bonchev–Trinajstić information content (AvgIpc) is 3.79. The summed E-state index contributed by atoms with van der Waals surface area (Å²) in [4.78, 5) is 2.58. The van der Waals surface area contributed by atoms with Crippen LogP contribution in [0.2, 0.25) is 0 Å². The molecular weight excluding hydrogens is 761 g/mol. The van der Waals surface area contributed by atoms with Gasteiger partial charge in [-0.1, -0.05) is 184 Å². The number of para-hydroxylation sites is 1. The molecule has 0 fully saturated rings. The van der Waals surface area contributed by atoms with E-state index in [1.54, 1.807) is 0 Å². The molecule has 1 atom stereocenters. The largest absolute Gasteiger partial charge is 0.361 e. The van der Waals surface area contributed by atoms with Crippen molar-refractivity contribution in [1.29, 1.82) is 0 Å². The van der Waals surface area contributed by atoms with E-state index in [9.17, 15) is 0 Å². The molecule has 1 heterocycles. The smallest absolute Gasteiger partial charge is 0.0541 e. The Morgan fingerprint density at radius 3 is 2.11 bits per heavy atom. The van der Waals surface area contributed by atoms with Crippen molar-refractivity contribution >= 4 is 60.2 Å². The van der Waals surface area contributed by atoms with Crippen molar-refractivity contribution in [2.75, 3.05) is 11.4 Å². The Kier molecular flexibility index (Phi) is 10.3. The molecule has 11 rings (SSSR count). The highest BCUT2D eigenvalue weighted by atomic mass is 15.2. The molecule has 0 spiro atoms. The summed E-state index contributed by atoms with van der Waals surface area (Å²) >= 11 is 0. The first-order chi connectivity index (χ1) is 31.0. The summed E-state index contributed by atoms with van der Waals surface area (Å²) < 4.78 is 2.44. The Morgan fingerprint density at radius 1 is 0.651 bits per heavy atom.